The van der Waals surface area contributed by atoms with Gasteiger partial charge in [0.2, 0.25) is 5.56 Å². The van der Waals surface area contributed by atoms with Crippen molar-refractivity contribution in [3.05, 3.63) is 69.6 Å². The number of piperidine rings is 2. The number of fused-ring (bicyclic) bond motifs is 1. The number of hydrogen-bond acceptors (Lipinski definition) is 4. The van der Waals surface area contributed by atoms with Crippen LogP contribution in [0.25, 0.3) is 6.08 Å². The van der Waals surface area contributed by atoms with Gasteiger partial charge in [0.15, 0.2) is 0 Å². The van der Waals surface area contributed by atoms with Crippen LogP contribution in [0, 0.1) is 5.41 Å². The molecule has 6 heteroatoms. The summed E-state index contributed by atoms with van der Waals surface area (Å²) in [4.78, 5) is 31.4. The summed E-state index contributed by atoms with van der Waals surface area (Å²) in [7, 11) is 0. The van der Waals surface area contributed by atoms with Gasteiger partial charge in [0.25, 0.3) is 5.91 Å². The summed E-state index contributed by atoms with van der Waals surface area (Å²) in [6.07, 6.45) is 8.69. The zero-order chi connectivity index (χ0) is 23.1. The first-order valence-electron chi connectivity index (χ1n) is 12.0. The van der Waals surface area contributed by atoms with Crippen LogP contribution in [0.1, 0.15) is 61.1 Å². The van der Waals surface area contributed by atoms with Crippen molar-refractivity contribution in [2.24, 2.45) is 5.41 Å². The number of para-hydroxylation sites is 1. The summed E-state index contributed by atoms with van der Waals surface area (Å²) >= 11 is 0. The molecule has 0 unspecified atom stereocenters. The molecular weight excluding hydrogens is 414 g/mol. The number of H-pyrrole nitrogens is 1. The fraction of sp³-hybridized carbons (Fsp3) is 0.481. The van der Waals surface area contributed by atoms with E-state index in [2.05, 4.69) is 54.1 Å². The number of aromatic amines is 1. The molecule has 0 aliphatic carbocycles. The summed E-state index contributed by atoms with van der Waals surface area (Å²) in [6, 6.07) is 11.2. The SMILES string of the molecule is CC1(C)C=Cc2cccc(CN3CCC4(CC3)CCN(C(=O)c3cccc(=O)[nH]3)CC4)c2O1. The average molecular weight is 448 g/mol. The molecule has 0 bridgehead atoms. The van der Waals surface area contributed by atoms with Crippen molar-refractivity contribution in [1.82, 2.24) is 14.8 Å². The van der Waals surface area contributed by atoms with E-state index in [1.54, 1.807) is 12.1 Å². The maximum absolute atomic E-state index is 12.8. The number of pyridine rings is 1. The molecule has 2 fully saturated rings. The molecule has 0 saturated carbocycles. The molecule has 1 aromatic carbocycles. The van der Waals surface area contributed by atoms with Gasteiger partial charge in [-0.3, -0.25) is 14.5 Å². The fourth-order valence-electron chi connectivity index (χ4n) is 5.43. The number of nitrogens with zero attached hydrogens (tertiary/aromatic N) is 2. The standard InChI is InChI=1S/C27H33N3O3/c1-26(2)10-9-20-5-3-6-21(24(20)33-26)19-29-15-11-27(12-16-29)13-17-30(18-14-27)25(32)22-7-4-8-23(31)28-22/h3-10H,11-19H2,1-2H3,(H,28,31). The van der Waals surface area contributed by atoms with Gasteiger partial charge in [-0.1, -0.05) is 30.3 Å². The smallest absolute Gasteiger partial charge is 0.270 e. The minimum atomic E-state index is -0.271. The van der Waals surface area contributed by atoms with Crippen molar-refractivity contribution < 1.29 is 9.53 Å². The number of nitrogens with one attached hydrogen (secondary N) is 1. The van der Waals surface area contributed by atoms with Crippen LogP contribution >= 0.6 is 0 Å². The Morgan fingerprint density at radius 1 is 1.00 bits per heavy atom. The van der Waals surface area contributed by atoms with Crippen LogP contribution in [0.3, 0.4) is 0 Å². The van der Waals surface area contributed by atoms with Crippen LogP contribution < -0.4 is 10.3 Å². The molecule has 3 aliphatic rings. The lowest BCUT2D eigenvalue weighted by atomic mass is 9.71. The number of ether oxygens (including phenoxy) is 1. The first-order chi connectivity index (χ1) is 15.8. The molecule has 2 saturated heterocycles. The predicted octanol–water partition coefficient (Wildman–Crippen LogP) is 4.08. The van der Waals surface area contributed by atoms with Crippen LogP contribution in [0.15, 0.2) is 47.3 Å². The summed E-state index contributed by atoms with van der Waals surface area (Å²) in [6.45, 7) is 8.77. The number of carbonyl (C=O) groups excluding carboxylic acids is 1. The highest BCUT2D eigenvalue weighted by Gasteiger charge is 2.39. The third kappa shape index (κ3) is 4.62. The maximum atomic E-state index is 12.8. The maximum Gasteiger partial charge on any atom is 0.270 e. The van der Waals surface area contributed by atoms with Gasteiger partial charge in [0.1, 0.15) is 17.0 Å². The number of hydrogen-bond donors (Lipinski definition) is 1. The highest BCUT2D eigenvalue weighted by Crippen LogP contribution is 2.42. The molecule has 174 valence electrons. The van der Waals surface area contributed by atoms with Gasteiger partial charge in [-0.15, -0.1) is 0 Å². The van der Waals surface area contributed by atoms with E-state index in [0.29, 0.717) is 11.1 Å². The zero-order valence-electron chi connectivity index (χ0n) is 19.6. The molecule has 6 nitrogen and oxygen atoms in total. The van der Waals surface area contributed by atoms with Crippen LogP contribution in [0.5, 0.6) is 5.75 Å². The predicted molar refractivity (Wildman–Crippen MR) is 129 cm³/mol. The van der Waals surface area contributed by atoms with Gasteiger partial charge >= 0.3 is 0 Å². The monoisotopic (exact) mass is 447 g/mol. The van der Waals surface area contributed by atoms with E-state index < -0.39 is 0 Å². The molecule has 4 heterocycles. The van der Waals surface area contributed by atoms with Crippen LogP contribution in [0.2, 0.25) is 0 Å². The quantitative estimate of drug-likeness (QED) is 0.770. The number of likely N-dealkylation sites (tertiary alicyclic amines) is 2. The van der Waals surface area contributed by atoms with Crippen LogP contribution in [0.4, 0.5) is 0 Å². The molecule has 1 N–H and O–H groups in total. The van der Waals surface area contributed by atoms with Crippen molar-refractivity contribution in [2.75, 3.05) is 26.2 Å². The summed E-state index contributed by atoms with van der Waals surface area (Å²) in [5.41, 5.74) is 2.64. The summed E-state index contributed by atoms with van der Waals surface area (Å²) in [5.74, 6) is 0.960. The third-order valence-corrected chi connectivity index (χ3v) is 7.58. The Morgan fingerprint density at radius 3 is 2.42 bits per heavy atom. The molecule has 1 spiro atoms. The summed E-state index contributed by atoms with van der Waals surface area (Å²) in [5, 5.41) is 0. The highest BCUT2D eigenvalue weighted by molar-refractivity contribution is 5.92. The third-order valence-electron chi connectivity index (χ3n) is 7.58. The second-order valence-electron chi connectivity index (χ2n) is 10.4. The Bertz CT molecular complexity index is 1120. The first-order valence-corrected chi connectivity index (χ1v) is 12.0. The molecule has 0 radical (unpaired) electrons. The average Bonchev–Trinajstić information content (AvgIpc) is 2.81. The number of benzene rings is 1. The van der Waals surface area contributed by atoms with Crippen LogP contribution in [-0.2, 0) is 6.54 Å². The Kier molecular flexibility index (Phi) is 5.65. The summed E-state index contributed by atoms with van der Waals surface area (Å²) < 4.78 is 6.31. The highest BCUT2D eigenvalue weighted by atomic mass is 16.5. The molecule has 3 aliphatic heterocycles. The number of aromatic nitrogens is 1. The van der Waals surface area contributed by atoms with E-state index in [9.17, 15) is 9.59 Å². The van der Waals surface area contributed by atoms with Crippen LogP contribution in [-0.4, -0.2) is 52.5 Å². The zero-order valence-corrected chi connectivity index (χ0v) is 19.6. The molecule has 0 atom stereocenters. The number of amides is 1. The number of rotatable bonds is 3. The second kappa shape index (κ2) is 8.49. The lowest BCUT2D eigenvalue weighted by Gasteiger charge is -2.47. The van der Waals surface area contributed by atoms with Gasteiger partial charge in [-0.2, -0.15) is 0 Å². The van der Waals surface area contributed by atoms with Crippen molar-refractivity contribution in [1.29, 1.82) is 0 Å². The Labute approximate surface area is 195 Å². The first kappa shape index (κ1) is 22.0. The largest absolute Gasteiger partial charge is 0.483 e. The molecule has 1 amide bonds. The molecule has 33 heavy (non-hydrogen) atoms. The van der Waals surface area contributed by atoms with Gasteiger partial charge in [-0.25, -0.2) is 0 Å². The Morgan fingerprint density at radius 2 is 1.70 bits per heavy atom. The van der Waals surface area contributed by atoms with E-state index >= 15 is 0 Å². The molecule has 5 rings (SSSR count). The van der Waals surface area contributed by atoms with Gasteiger partial charge in [0, 0.05) is 36.8 Å². The minimum absolute atomic E-state index is 0.0641. The normalized spacial score (nSPS) is 21.5. The van der Waals surface area contributed by atoms with Crippen molar-refractivity contribution >= 4 is 12.0 Å². The van der Waals surface area contributed by atoms with E-state index in [4.69, 9.17) is 4.74 Å². The van der Waals surface area contributed by atoms with E-state index in [-0.39, 0.29) is 17.1 Å². The van der Waals surface area contributed by atoms with Gasteiger partial charge in [0.05, 0.1) is 0 Å². The fourth-order valence-corrected chi connectivity index (χ4v) is 5.43. The van der Waals surface area contributed by atoms with E-state index in [0.717, 1.165) is 56.9 Å². The van der Waals surface area contributed by atoms with E-state index in [1.807, 2.05) is 4.90 Å². The van der Waals surface area contributed by atoms with Crippen molar-refractivity contribution in [2.45, 2.75) is 51.7 Å². The Balaban J connectivity index is 1.18. The minimum Gasteiger partial charge on any atom is -0.483 e. The number of carbonyl (C=O) groups is 1. The van der Waals surface area contributed by atoms with Crippen molar-refractivity contribution in [3.63, 3.8) is 0 Å². The molecule has 1 aromatic heterocycles. The van der Waals surface area contributed by atoms with Gasteiger partial charge < -0.3 is 14.6 Å². The van der Waals surface area contributed by atoms with E-state index in [1.165, 1.54) is 24.5 Å². The second-order valence-corrected chi connectivity index (χ2v) is 10.4. The Hall–Kier alpha value is -2.86. The van der Waals surface area contributed by atoms with Gasteiger partial charge in [-0.05, 0) is 70.2 Å². The topological polar surface area (TPSA) is 65.6 Å². The molecular formula is C27H33N3O3. The lowest BCUT2D eigenvalue weighted by Crippen LogP contribution is -2.48. The van der Waals surface area contributed by atoms with Crippen molar-refractivity contribution in [3.8, 4) is 5.75 Å². The lowest BCUT2D eigenvalue weighted by molar-refractivity contribution is 0.0279. The molecule has 2 aromatic rings.